The number of halogens is 5. The second kappa shape index (κ2) is 7.93. The van der Waals surface area contributed by atoms with Crippen LogP contribution in [0.25, 0.3) is 10.6 Å². The Morgan fingerprint density at radius 2 is 1.76 bits per heavy atom. The topological polar surface area (TPSA) is 113 Å². The summed E-state index contributed by atoms with van der Waals surface area (Å²) in [5.74, 6) is -4.98. The molecule has 0 saturated carbocycles. The van der Waals surface area contributed by atoms with Crippen molar-refractivity contribution in [2.24, 2.45) is 5.41 Å². The molecule has 3 heterocycles. The Balaban J connectivity index is 1.46. The van der Waals surface area contributed by atoms with Crippen molar-refractivity contribution in [1.82, 2.24) is 15.1 Å². The largest absolute Gasteiger partial charge is 0.534 e. The minimum absolute atomic E-state index is 0.0574. The minimum atomic E-state index is -6.17. The Morgan fingerprint density at radius 3 is 2.33 bits per heavy atom. The van der Waals surface area contributed by atoms with Crippen LogP contribution in [0.5, 0.6) is 5.75 Å². The summed E-state index contributed by atoms with van der Waals surface area (Å²) in [6, 6.07) is 1.41. The second-order valence-corrected chi connectivity index (χ2v) is 10.2. The number of likely N-dealkylation sites (tertiary alicyclic amines) is 1. The Bertz CT molecular complexity index is 1190. The molecule has 1 spiro atoms. The predicted octanol–water partition coefficient (Wildman–Crippen LogP) is 3.29. The van der Waals surface area contributed by atoms with E-state index < -0.39 is 44.7 Å². The molecule has 1 aromatic carbocycles. The van der Waals surface area contributed by atoms with Gasteiger partial charge in [0.05, 0.1) is 5.56 Å². The highest BCUT2D eigenvalue weighted by Crippen LogP contribution is 2.44. The zero-order chi connectivity index (χ0) is 24.2. The van der Waals surface area contributed by atoms with E-state index in [1.165, 1.54) is 4.90 Å². The number of amides is 1. The number of carboxylic acid groups (broad SMARTS) is 1. The van der Waals surface area contributed by atoms with Crippen LogP contribution in [-0.2, 0) is 10.1 Å². The highest BCUT2D eigenvalue weighted by Gasteiger charge is 2.49. The smallest absolute Gasteiger partial charge is 0.465 e. The van der Waals surface area contributed by atoms with Gasteiger partial charge in [0, 0.05) is 31.6 Å². The molecular formula is C17H15F5N4O5S2. The number of nitrogens with zero attached hydrogens (tertiary/aromatic N) is 4. The summed E-state index contributed by atoms with van der Waals surface area (Å²) < 4.78 is 91.7. The fraction of sp³-hybridized carbons (Fsp3) is 0.471. The van der Waals surface area contributed by atoms with Gasteiger partial charge in [-0.3, -0.25) is 0 Å². The average Bonchev–Trinajstić information content (AvgIpc) is 3.18. The number of piperidine rings is 1. The van der Waals surface area contributed by atoms with E-state index in [2.05, 4.69) is 14.4 Å². The van der Waals surface area contributed by atoms with E-state index in [0.29, 0.717) is 50.2 Å². The lowest BCUT2D eigenvalue weighted by atomic mass is 9.72. The Kier molecular flexibility index (Phi) is 5.63. The first-order valence-corrected chi connectivity index (χ1v) is 11.6. The zero-order valence-corrected chi connectivity index (χ0v) is 18.1. The van der Waals surface area contributed by atoms with Gasteiger partial charge in [-0.25, -0.2) is 9.18 Å². The van der Waals surface area contributed by atoms with E-state index in [4.69, 9.17) is 5.11 Å². The van der Waals surface area contributed by atoms with E-state index >= 15 is 0 Å². The Hall–Kier alpha value is -2.75. The van der Waals surface area contributed by atoms with Crippen LogP contribution in [-0.4, -0.2) is 66.4 Å². The molecule has 1 amide bonds. The number of aromatic nitrogens is 2. The van der Waals surface area contributed by atoms with Gasteiger partial charge in [-0.1, -0.05) is 11.3 Å². The maximum absolute atomic E-state index is 14.5. The number of anilines is 1. The zero-order valence-electron chi connectivity index (χ0n) is 16.5. The molecule has 0 atom stereocenters. The van der Waals surface area contributed by atoms with Crippen molar-refractivity contribution >= 4 is 32.7 Å². The average molecular weight is 514 g/mol. The number of carbonyl (C=O) groups is 1. The van der Waals surface area contributed by atoms with Crippen LogP contribution in [0.15, 0.2) is 12.1 Å². The van der Waals surface area contributed by atoms with Gasteiger partial charge in [-0.05, 0) is 25.0 Å². The number of rotatable bonds is 4. The van der Waals surface area contributed by atoms with Gasteiger partial charge in [0.1, 0.15) is 0 Å². The predicted molar refractivity (Wildman–Crippen MR) is 104 cm³/mol. The fourth-order valence-corrected chi connectivity index (χ4v) is 5.09. The van der Waals surface area contributed by atoms with Crippen molar-refractivity contribution in [3.8, 4) is 16.3 Å². The van der Waals surface area contributed by atoms with E-state index in [9.17, 15) is 35.2 Å². The second-order valence-electron chi connectivity index (χ2n) is 7.74. The normalized spacial score (nSPS) is 18.3. The van der Waals surface area contributed by atoms with Gasteiger partial charge < -0.3 is 19.1 Å². The SMILES string of the molecule is O=C(O)N1CCC2(CC1)CN(c1nnc(-c3ccc(OS(=O)(=O)C(F)(F)F)c(F)c3F)s1)C2. The van der Waals surface area contributed by atoms with E-state index in [1.807, 2.05) is 4.90 Å². The summed E-state index contributed by atoms with van der Waals surface area (Å²) in [7, 11) is -6.17. The molecule has 4 rings (SSSR count). The third kappa shape index (κ3) is 4.28. The quantitative estimate of drug-likeness (QED) is 0.376. The lowest BCUT2D eigenvalue weighted by Gasteiger charge is -2.53. The highest BCUT2D eigenvalue weighted by molar-refractivity contribution is 7.88. The van der Waals surface area contributed by atoms with Crippen LogP contribution in [0, 0.1) is 17.0 Å². The van der Waals surface area contributed by atoms with Gasteiger partial charge in [0.2, 0.25) is 10.9 Å². The van der Waals surface area contributed by atoms with Gasteiger partial charge in [0.25, 0.3) is 0 Å². The van der Waals surface area contributed by atoms with Crippen molar-refractivity contribution in [2.45, 2.75) is 18.3 Å². The van der Waals surface area contributed by atoms with E-state index in [0.717, 1.165) is 17.4 Å². The standard InChI is InChI=1S/C17H15F5N4O5S2/c18-11-9(1-2-10(12(11)19)31-33(29,30)17(20,21)22)13-23-24-14(32-13)26-7-16(8-26)3-5-25(6-4-16)15(27)28/h1-2H,3-8H2,(H,27,28). The lowest BCUT2D eigenvalue weighted by Crippen LogP contribution is -2.60. The molecule has 2 saturated heterocycles. The lowest BCUT2D eigenvalue weighted by molar-refractivity contribution is -0.0501. The van der Waals surface area contributed by atoms with Crippen LogP contribution in [0.4, 0.5) is 31.9 Å². The minimum Gasteiger partial charge on any atom is -0.465 e. The van der Waals surface area contributed by atoms with Crippen molar-refractivity contribution in [1.29, 1.82) is 0 Å². The molecule has 1 N–H and O–H groups in total. The Morgan fingerprint density at radius 1 is 1.12 bits per heavy atom. The molecule has 2 aromatic rings. The summed E-state index contributed by atoms with van der Waals surface area (Å²) in [5, 5.41) is 17.1. The van der Waals surface area contributed by atoms with E-state index in [1.54, 1.807) is 0 Å². The molecule has 0 unspecified atom stereocenters. The third-order valence-electron chi connectivity index (χ3n) is 5.59. The van der Waals surface area contributed by atoms with Crippen LogP contribution in [0.3, 0.4) is 0 Å². The van der Waals surface area contributed by atoms with Crippen LogP contribution in [0.2, 0.25) is 0 Å². The van der Waals surface area contributed by atoms with Crippen LogP contribution >= 0.6 is 11.3 Å². The molecule has 2 fully saturated rings. The van der Waals surface area contributed by atoms with Crippen molar-refractivity contribution in [3.05, 3.63) is 23.8 Å². The van der Waals surface area contributed by atoms with Gasteiger partial charge >= 0.3 is 21.7 Å². The van der Waals surface area contributed by atoms with Gasteiger partial charge in [0.15, 0.2) is 16.6 Å². The number of hydrogen-bond donors (Lipinski definition) is 1. The molecule has 2 aliphatic heterocycles. The third-order valence-corrected chi connectivity index (χ3v) is 7.58. The van der Waals surface area contributed by atoms with Crippen LogP contribution < -0.4 is 9.08 Å². The molecule has 0 aliphatic carbocycles. The monoisotopic (exact) mass is 514 g/mol. The maximum Gasteiger partial charge on any atom is 0.534 e. The van der Waals surface area contributed by atoms with Crippen molar-refractivity contribution in [3.63, 3.8) is 0 Å². The molecule has 0 bridgehead atoms. The molecule has 2 aliphatic rings. The first-order valence-electron chi connectivity index (χ1n) is 9.37. The van der Waals surface area contributed by atoms with Gasteiger partial charge in [-0.15, -0.1) is 10.2 Å². The molecule has 1 aromatic heterocycles. The molecule has 180 valence electrons. The first kappa shape index (κ1) is 23.4. The maximum atomic E-state index is 14.5. The summed E-state index contributed by atoms with van der Waals surface area (Å²) in [6.07, 6.45) is 0.407. The Labute approximate surface area is 187 Å². The first-order chi connectivity index (χ1) is 15.3. The molecule has 0 radical (unpaired) electrons. The summed E-state index contributed by atoms with van der Waals surface area (Å²) >= 11 is 0.922. The number of alkyl halides is 3. The molecular weight excluding hydrogens is 499 g/mol. The van der Waals surface area contributed by atoms with Gasteiger partial charge in [-0.2, -0.15) is 26.0 Å². The fourth-order valence-electron chi connectivity index (χ4n) is 3.77. The molecule has 33 heavy (non-hydrogen) atoms. The molecule has 16 heteroatoms. The number of benzene rings is 1. The van der Waals surface area contributed by atoms with Crippen molar-refractivity contribution in [2.75, 3.05) is 31.1 Å². The summed E-state index contributed by atoms with van der Waals surface area (Å²) in [4.78, 5) is 14.2. The highest BCUT2D eigenvalue weighted by atomic mass is 32.2. The summed E-state index contributed by atoms with van der Waals surface area (Å²) in [6.45, 7) is 2.03. The summed E-state index contributed by atoms with van der Waals surface area (Å²) in [5.41, 5.74) is -6.28. The van der Waals surface area contributed by atoms with Crippen LogP contribution in [0.1, 0.15) is 12.8 Å². The van der Waals surface area contributed by atoms with E-state index in [-0.39, 0.29) is 10.4 Å². The molecule has 9 nitrogen and oxygen atoms in total. The number of hydrogen-bond acceptors (Lipinski definition) is 8. The van der Waals surface area contributed by atoms with Crippen molar-refractivity contribution < 1.29 is 44.5 Å².